The van der Waals surface area contributed by atoms with Gasteiger partial charge < -0.3 is 24.8 Å². The predicted octanol–water partition coefficient (Wildman–Crippen LogP) is 7.44. The minimum absolute atomic E-state index is 0.259. The first-order valence-electron chi connectivity index (χ1n) is 15.5. The van der Waals surface area contributed by atoms with E-state index in [0.29, 0.717) is 31.9 Å². The van der Waals surface area contributed by atoms with Gasteiger partial charge in [-0.1, -0.05) is 121 Å². The Labute approximate surface area is 269 Å². The molecule has 0 aliphatic carbocycles. The number of ether oxygens (including phenoxy) is 1. The second-order valence-electron chi connectivity index (χ2n) is 11.3. The lowest BCUT2D eigenvalue weighted by Gasteiger charge is -2.37. The fourth-order valence-electron chi connectivity index (χ4n) is 6.28. The molecular formula is C39H35N5O2. The number of carbonyl (C=O) groups excluding carboxylic acids is 1. The quantitative estimate of drug-likeness (QED) is 0.168. The highest BCUT2D eigenvalue weighted by molar-refractivity contribution is 5.90. The molecule has 7 nitrogen and oxygen atoms in total. The first-order chi connectivity index (χ1) is 22.7. The summed E-state index contributed by atoms with van der Waals surface area (Å²) in [5.74, 6) is 0.785. The Kier molecular flexibility index (Phi) is 8.20. The van der Waals surface area contributed by atoms with Crippen LogP contribution in [0.3, 0.4) is 0 Å². The number of aromatic nitrogens is 2. The number of fused-ring (bicyclic) bond motifs is 1. The second-order valence-corrected chi connectivity index (χ2v) is 11.3. The largest absolute Gasteiger partial charge is 0.490 e. The van der Waals surface area contributed by atoms with E-state index in [4.69, 9.17) is 9.72 Å². The number of rotatable bonds is 9. The average Bonchev–Trinajstić information content (AvgIpc) is 3.58. The third kappa shape index (κ3) is 5.83. The van der Waals surface area contributed by atoms with Crippen LogP contribution >= 0.6 is 0 Å². The average molecular weight is 606 g/mol. The van der Waals surface area contributed by atoms with Gasteiger partial charge in [-0.2, -0.15) is 0 Å². The van der Waals surface area contributed by atoms with Gasteiger partial charge in [0.25, 0.3) is 0 Å². The minimum atomic E-state index is -0.623. The molecule has 228 valence electrons. The molecule has 7 rings (SSSR count). The van der Waals surface area contributed by atoms with Crippen molar-refractivity contribution in [1.29, 1.82) is 0 Å². The molecule has 46 heavy (non-hydrogen) atoms. The van der Waals surface area contributed by atoms with Gasteiger partial charge in [0.15, 0.2) is 0 Å². The number of nitrogens with one attached hydrogen (secondary N) is 2. The monoisotopic (exact) mass is 605 g/mol. The maximum atomic E-state index is 12.7. The van der Waals surface area contributed by atoms with Crippen LogP contribution in [-0.4, -0.2) is 28.7 Å². The number of benzene rings is 5. The van der Waals surface area contributed by atoms with Crippen LogP contribution in [0.25, 0.3) is 0 Å². The maximum absolute atomic E-state index is 12.7. The fraction of sp³-hybridized carbons (Fsp3) is 0.128. The first-order valence-corrected chi connectivity index (χ1v) is 15.5. The summed E-state index contributed by atoms with van der Waals surface area (Å²) >= 11 is 0. The molecule has 0 spiro atoms. The van der Waals surface area contributed by atoms with Crippen molar-refractivity contribution >= 4 is 17.4 Å². The highest BCUT2D eigenvalue weighted by Gasteiger charge is 2.38. The smallest absolute Gasteiger partial charge is 0.319 e. The Morgan fingerprint density at radius 2 is 1.35 bits per heavy atom. The van der Waals surface area contributed by atoms with E-state index in [1.54, 1.807) is 0 Å². The van der Waals surface area contributed by atoms with E-state index in [9.17, 15) is 4.79 Å². The molecule has 2 heterocycles. The lowest BCUT2D eigenvalue weighted by molar-refractivity contribution is 0.251. The van der Waals surface area contributed by atoms with Gasteiger partial charge in [0.2, 0.25) is 0 Å². The van der Waals surface area contributed by atoms with Crippen LogP contribution in [-0.2, 0) is 18.6 Å². The molecule has 1 aliphatic rings. The molecule has 0 atom stereocenters. The lowest BCUT2D eigenvalue weighted by atomic mass is 9.77. The third-order valence-electron chi connectivity index (χ3n) is 8.42. The Balaban J connectivity index is 1.18. The standard InChI is InChI=1S/C39H35N5O2/c45-38(40-26-30-13-5-1-6-14-30)42-34-21-22-37-36(25-34)43(23-24-46-37)27-35-28-44(29-41-35)39(31-15-7-2-8-16-31,32-17-9-3-10-18-32)33-19-11-4-12-20-33/h1-22,25,28-29H,23-24,26-27H2,(H2,40,42,45). The zero-order valence-electron chi connectivity index (χ0n) is 25.4. The van der Waals surface area contributed by atoms with Gasteiger partial charge in [-0.25, -0.2) is 9.78 Å². The summed E-state index contributed by atoms with van der Waals surface area (Å²) in [7, 11) is 0. The van der Waals surface area contributed by atoms with Crippen molar-refractivity contribution in [3.05, 3.63) is 180 Å². The van der Waals surface area contributed by atoms with E-state index in [-0.39, 0.29) is 6.03 Å². The lowest BCUT2D eigenvalue weighted by Crippen LogP contribution is -2.37. The second kappa shape index (κ2) is 13.0. The van der Waals surface area contributed by atoms with Gasteiger partial charge in [-0.05, 0) is 40.5 Å². The van der Waals surface area contributed by atoms with E-state index < -0.39 is 5.54 Å². The summed E-state index contributed by atoms with van der Waals surface area (Å²) in [4.78, 5) is 19.9. The molecule has 2 N–H and O–H groups in total. The van der Waals surface area contributed by atoms with Crippen LogP contribution in [0.1, 0.15) is 27.9 Å². The van der Waals surface area contributed by atoms with E-state index in [1.807, 2.05) is 54.9 Å². The molecule has 1 aromatic heterocycles. The summed E-state index contributed by atoms with van der Waals surface area (Å²) in [5.41, 5.74) is 6.40. The number of carbonyl (C=O) groups is 1. The van der Waals surface area contributed by atoms with E-state index in [2.05, 4.69) is 117 Å². The van der Waals surface area contributed by atoms with E-state index in [0.717, 1.165) is 39.4 Å². The van der Waals surface area contributed by atoms with Crippen LogP contribution in [0.5, 0.6) is 5.75 Å². The van der Waals surface area contributed by atoms with E-state index in [1.165, 1.54) is 0 Å². The maximum Gasteiger partial charge on any atom is 0.319 e. The van der Waals surface area contributed by atoms with Crippen LogP contribution in [0.4, 0.5) is 16.2 Å². The summed E-state index contributed by atoms with van der Waals surface area (Å²) in [6.07, 6.45) is 4.10. The number of amides is 2. The van der Waals surface area contributed by atoms with Crippen molar-refractivity contribution in [2.45, 2.75) is 18.6 Å². The van der Waals surface area contributed by atoms with Gasteiger partial charge in [0.1, 0.15) is 17.9 Å². The summed E-state index contributed by atoms with van der Waals surface area (Å²) in [6, 6.07) is 47.1. The molecule has 5 aromatic carbocycles. The molecular weight excluding hydrogens is 570 g/mol. The summed E-state index contributed by atoms with van der Waals surface area (Å²) < 4.78 is 8.23. The third-order valence-corrected chi connectivity index (χ3v) is 8.42. The zero-order chi connectivity index (χ0) is 31.2. The van der Waals surface area contributed by atoms with Crippen LogP contribution in [0.15, 0.2) is 152 Å². The number of hydrogen-bond acceptors (Lipinski definition) is 4. The molecule has 2 amide bonds. The number of nitrogens with zero attached hydrogens (tertiary/aromatic N) is 3. The minimum Gasteiger partial charge on any atom is -0.490 e. The van der Waals surface area contributed by atoms with Gasteiger partial charge in [-0.3, -0.25) is 0 Å². The topological polar surface area (TPSA) is 71.4 Å². The van der Waals surface area contributed by atoms with Crippen LogP contribution < -0.4 is 20.3 Å². The summed E-state index contributed by atoms with van der Waals surface area (Å²) in [6.45, 7) is 2.30. The van der Waals surface area contributed by atoms with Crippen LogP contribution in [0, 0.1) is 0 Å². The molecule has 0 bridgehead atoms. The number of urea groups is 1. The van der Waals surface area contributed by atoms with E-state index >= 15 is 0 Å². The molecule has 6 aromatic rings. The van der Waals surface area contributed by atoms with Crippen molar-refractivity contribution < 1.29 is 9.53 Å². The normalized spacial score (nSPS) is 12.6. The molecule has 0 radical (unpaired) electrons. The zero-order valence-corrected chi connectivity index (χ0v) is 25.4. The molecule has 1 aliphatic heterocycles. The van der Waals surface area contributed by atoms with Gasteiger partial charge in [0, 0.05) is 18.4 Å². The summed E-state index contributed by atoms with van der Waals surface area (Å²) in [5, 5.41) is 5.90. The Bertz CT molecular complexity index is 1800. The van der Waals surface area contributed by atoms with Crippen molar-refractivity contribution in [3.8, 4) is 5.75 Å². The number of anilines is 2. The number of imidazole rings is 1. The van der Waals surface area contributed by atoms with Gasteiger partial charge in [0.05, 0.1) is 30.8 Å². The highest BCUT2D eigenvalue weighted by Crippen LogP contribution is 2.41. The Morgan fingerprint density at radius 3 is 1.96 bits per heavy atom. The Hall–Kier alpha value is -5.82. The predicted molar refractivity (Wildman–Crippen MR) is 182 cm³/mol. The van der Waals surface area contributed by atoms with Gasteiger partial charge >= 0.3 is 6.03 Å². The highest BCUT2D eigenvalue weighted by atomic mass is 16.5. The van der Waals surface area contributed by atoms with Crippen molar-refractivity contribution in [2.75, 3.05) is 23.4 Å². The molecule has 0 saturated heterocycles. The van der Waals surface area contributed by atoms with Crippen molar-refractivity contribution in [2.24, 2.45) is 0 Å². The Morgan fingerprint density at radius 1 is 0.761 bits per heavy atom. The fourth-order valence-corrected chi connectivity index (χ4v) is 6.28. The van der Waals surface area contributed by atoms with Crippen molar-refractivity contribution in [3.63, 3.8) is 0 Å². The SMILES string of the molecule is O=C(NCc1ccccc1)Nc1ccc2c(c1)N(Cc1cn(C(c3ccccc3)(c3ccccc3)c3ccccc3)cn1)CCO2. The van der Waals surface area contributed by atoms with Crippen LogP contribution in [0.2, 0.25) is 0 Å². The molecule has 7 heteroatoms. The van der Waals surface area contributed by atoms with Crippen molar-refractivity contribution in [1.82, 2.24) is 14.9 Å². The first kappa shape index (κ1) is 28.9. The number of hydrogen-bond donors (Lipinski definition) is 2. The van der Waals surface area contributed by atoms with Gasteiger partial charge in [-0.15, -0.1) is 0 Å². The molecule has 0 fully saturated rings. The molecule has 0 saturated carbocycles. The molecule has 0 unspecified atom stereocenters.